The molecule has 21 heavy (non-hydrogen) atoms. The summed E-state index contributed by atoms with van der Waals surface area (Å²) < 4.78 is 90.8. The molecule has 0 fully saturated rings. The number of hydrogen-bond donors (Lipinski definition) is 0. The lowest BCUT2D eigenvalue weighted by Gasteiger charge is -2.26. The number of hydrogen-bond acceptors (Lipinski definition) is 2. The molecule has 0 saturated carbocycles. The van der Waals surface area contributed by atoms with E-state index < -0.39 is 30.6 Å². The topological polar surface area (TPSA) is 26.3 Å². The number of ether oxygens (including phenoxy) is 1. The molecular weight excluding hydrogens is 377 g/mol. The Labute approximate surface area is 122 Å². The van der Waals surface area contributed by atoms with Crippen molar-refractivity contribution < 1.29 is 40.3 Å². The number of benzene rings is 1. The highest BCUT2D eigenvalue weighted by atomic mass is 79.9. The van der Waals surface area contributed by atoms with Gasteiger partial charge in [-0.05, 0) is 6.07 Å². The summed E-state index contributed by atoms with van der Waals surface area (Å²) in [7, 11) is 0. The van der Waals surface area contributed by atoms with Crippen molar-refractivity contribution >= 4 is 21.9 Å². The van der Waals surface area contributed by atoms with Gasteiger partial charge in [-0.3, -0.25) is 0 Å². The van der Waals surface area contributed by atoms with E-state index >= 15 is 0 Å². The zero-order valence-corrected chi connectivity index (χ0v) is 11.4. The maximum Gasteiger partial charge on any atom is 0.460 e. The minimum absolute atomic E-state index is 0.122. The third kappa shape index (κ3) is 3.47. The predicted molar refractivity (Wildman–Crippen MR) is 59.9 cm³/mol. The van der Waals surface area contributed by atoms with Crippen molar-refractivity contribution in [2.24, 2.45) is 0 Å². The predicted octanol–water partition coefficient (Wildman–Crippen LogP) is 4.33. The number of halogens is 8. The Morgan fingerprint density at radius 2 is 1.57 bits per heavy atom. The molecule has 0 aliphatic carbocycles. The fourth-order valence-corrected chi connectivity index (χ4v) is 1.55. The Morgan fingerprint density at radius 3 is 2.05 bits per heavy atom. The highest BCUT2D eigenvalue weighted by Crippen LogP contribution is 2.47. The normalized spacial score (nSPS) is 13.1. The van der Waals surface area contributed by atoms with Crippen LogP contribution in [0.5, 0.6) is 0 Å². The first-order valence-electron chi connectivity index (χ1n) is 5.14. The average Bonchev–Trinajstić information content (AvgIpc) is 2.35. The summed E-state index contributed by atoms with van der Waals surface area (Å²) in [5, 5.41) is 0. The first-order valence-corrected chi connectivity index (χ1v) is 5.93. The Morgan fingerprint density at radius 1 is 1.05 bits per heavy atom. The van der Waals surface area contributed by atoms with Gasteiger partial charge in [-0.25, -0.2) is 4.79 Å². The van der Waals surface area contributed by atoms with Gasteiger partial charge in [0.2, 0.25) is 0 Å². The van der Waals surface area contributed by atoms with Crippen molar-refractivity contribution in [1.82, 2.24) is 0 Å². The van der Waals surface area contributed by atoms with E-state index in [2.05, 4.69) is 20.7 Å². The van der Waals surface area contributed by atoms with E-state index in [9.17, 15) is 35.5 Å². The molecule has 0 spiro atoms. The lowest BCUT2D eigenvalue weighted by molar-refractivity contribution is -0.348. The van der Waals surface area contributed by atoms with Crippen LogP contribution in [-0.2, 0) is 16.1 Å². The van der Waals surface area contributed by atoms with Gasteiger partial charge >= 0.3 is 24.0 Å². The second-order valence-electron chi connectivity index (χ2n) is 3.81. The van der Waals surface area contributed by atoms with Crippen LogP contribution in [0.4, 0.5) is 30.7 Å². The number of rotatable bonds is 4. The first-order chi connectivity index (χ1) is 9.41. The molecule has 0 bridgehead atoms. The van der Waals surface area contributed by atoms with Crippen LogP contribution in [-0.4, -0.2) is 24.0 Å². The van der Waals surface area contributed by atoms with Crippen LogP contribution in [0.15, 0.2) is 28.7 Å². The van der Waals surface area contributed by atoms with E-state index in [-0.39, 0.29) is 5.56 Å². The smallest absolute Gasteiger partial charge is 0.456 e. The van der Waals surface area contributed by atoms with E-state index in [0.29, 0.717) is 4.47 Å². The van der Waals surface area contributed by atoms with Crippen LogP contribution >= 0.6 is 15.9 Å². The molecule has 0 N–H and O–H groups in total. The molecule has 10 heteroatoms. The molecule has 0 aliphatic rings. The zero-order valence-electron chi connectivity index (χ0n) is 9.86. The van der Waals surface area contributed by atoms with Gasteiger partial charge < -0.3 is 4.74 Å². The summed E-state index contributed by atoms with van der Waals surface area (Å²) in [6.07, 6.45) is -6.58. The lowest BCUT2D eigenvalue weighted by Crippen LogP contribution is -2.56. The minimum Gasteiger partial charge on any atom is -0.456 e. The average molecular weight is 383 g/mol. The van der Waals surface area contributed by atoms with Crippen molar-refractivity contribution in [3.63, 3.8) is 0 Å². The minimum atomic E-state index is -6.58. The fraction of sp³-hybridized carbons (Fsp3) is 0.364. The largest absolute Gasteiger partial charge is 0.460 e. The van der Waals surface area contributed by atoms with Gasteiger partial charge in [0.05, 0.1) is 0 Å². The number of carbonyl (C=O) groups is 1. The number of alkyl halides is 7. The summed E-state index contributed by atoms with van der Waals surface area (Å²) in [6, 6.07) is 5.70. The van der Waals surface area contributed by atoms with Gasteiger partial charge in [-0.1, -0.05) is 34.1 Å². The molecule has 118 valence electrons. The van der Waals surface area contributed by atoms with E-state index in [1.165, 1.54) is 24.3 Å². The molecule has 0 aliphatic heterocycles. The fourth-order valence-electron chi connectivity index (χ4n) is 1.16. The molecule has 0 aromatic heterocycles. The summed E-state index contributed by atoms with van der Waals surface area (Å²) >= 11 is 2.96. The summed E-state index contributed by atoms with van der Waals surface area (Å²) in [5.41, 5.74) is 0.122. The number of carbonyl (C=O) groups excluding carboxylic acids is 1. The van der Waals surface area contributed by atoms with Crippen LogP contribution < -0.4 is 0 Å². The Balaban J connectivity index is 2.86. The molecule has 0 amide bonds. The summed E-state index contributed by atoms with van der Waals surface area (Å²) in [5.74, 6) is -15.5. The van der Waals surface area contributed by atoms with Gasteiger partial charge in [-0.15, -0.1) is 0 Å². The lowest BCUT2D eigenvalue weighted by atomic mass is 10.1. The van der Waals surface area contributed by atoms with Crippen LogP contribution in [0.3, 0.4) is 0 Å². The molecule has 1 rings (SSSR count). The van der Waals surface area contributed by atoms with Gasteiger partial charge in [0.15, 0.2) is 0 Å². The Hall–Kier alpha value is -1.32. The van der Waals surface area contributed by atoms with E-state index in [4.69, 9.17) is 0 Å². The molecule has 0 atom stereocenters. The molecule has 2 nitrogen and oxygen atoms in total. The van der Waals surface area contributed by atoms with Gasteiger partial charge in [0.25, 0.3) is 0 Å². The molecule has 0 radical (unpaired) electrons. The van der Waals surface area contributed by atoms with Crippen LogP contribution in [0.1, 0.15) is 5.56 Å². The Kier molecular flexibility index (Phi) is 4.91. The van der Waals surface area contributed by atoms with Crippen LogP contribution in [0.25, 0.3) is 0 Å². The summed E-state index contributed by atoms with van der Waals surface area (Å²) in [6.45, 7) is -0.885. The molecule has 0 heterocycles. The SMILES string of the molecule is O=C(OCc1ccccc1Br)C(F)(F)C(F)(F)C(F)(F)F. The molecule has 0 saturated heterocycles. The van der Waals surface area contributed by atoms with Gasteiger partial charge in [0, 0.05) is 10.0 Å². The zero-order chi connectivity index (χ0) is 16.5. The van der Waals surface area contributed by atoms with Crippen molar-refractivity contribution in [2.45, 2.75) is 24.6 Å². The van der Waals surface area contributed by atoms with Gasteiger partial charge in [-0.2, -0.15) is 30.7 Å². The first kappa shape index (κ1) is 17.7. The maximum absolute atomic E-state index is 12.9. The molecule has 1 aromatic carbocycles. The van der Waals surface area contributed by atoms with Crippen molar-refractivity contribution in [2.75, 3.05) is 0 Å². The van der Waals surface area contributed by atoms with Crippen molar-refractivity contribution in [3.8, 4) is 0 Å². The van der Waals surface area contributed by atoms with E-state index in [0.717, 1.165) is 0 Å². The van der Waals surface area contributed by atoms with E-state index in [1.807, 2.05) is 0 Å². The quantitative estimate of drug-likeness (QED) is 0.572. The highest BCUT2D eigenvalue weighted by molar-refractivity contribution is 9.10. The third-order valence-electron chi connectivity index (χ3n) is 2.32. The van der Waals surface area contributed by atoms with Gasteiger partial charge in [0.1, 0.15) is 6.61 Å². The maximum atomic E-state index is 12.9. The van der Waals surface area contributed by atoms with Crippen LogP contribution in [0, 0.1) is 0 Å². The van der Waals surface area contributed by atoms with Crippen molar-refractivity contribution in [1.29, 1.82) is 0 Å². The van der Waals surface area contributed by atoms with Crippen molar-refractivity contribution in [3.05, 3.63) is 34.3 Å². The van der Waals surface area contributed by atoms with Crippen LogP contribution in [0.2, 0.25) is 0 Å². The molecular formula is C11H6BrF7O2. The molecule has 1 aromatic rings. The summed E-state index contributed by atoms with van der Waals surface area (Å²) in [4.78, 5) is 10.9. The Bertz CT molecular complexity index is 528. The third-order valence-corrected chi connectivity index (χ3v) is 3.10. The molecule has 0 unspecified atom stereocenters. The standard InChI is InChI=1S/C11H6BrF7O2/c12-7-4-2-1-3-6(7)5-21-8(20)9(13,14)10(15,16)11(17,18)19/h1-4H,5H2. The second kappa shape index (κ2) is 5.82. The number of esters is 1. The highest BCUT2D eigenvalue weighted by Gasteiger charge is 2.77. The van der Waals surface area contributed by atoms with E-state index in [1.54, 1.807) is 0 Å². The second-order valence-corrected chi connectivity index (χ2v) is 4.67. The monoisotopic (exact) mass is 382 g/mol.